The molecule has 1 aromatic rings. The third-order valence-corrected chi connectivity index (χ3v) is 3.79. The van der Waals surface area contributed by atoms with Gasteiger partial charge >= 0.3 is 6.09 Å². The minimum atomic E-state index is -0.528. The van der Waals surface area contributed by atoms with Gasteiger partial charge in [-0.25, -0.2) is 4.79 Å². The number of nitrogens with zero attached hydrogens (tertiary/aromatic N) is 1. The second-order valence-electron chi connectivity index (χ2n) is 8.20. The van der Waals surface area contributed by atoms with E-state index in [9.17, 15) is 4.79 Å². The van der Waals surface area contributed by atoms with Crippen LogP contribution in [0.5, 0.6) is 0 Å². The lowest BCUT2D eigenvalue weighted by Crippen LogP contribution is -2.54. The van der Waals surface area contributed by atoms with Gasteiger partial charge in [-0.1, -0.05) is 24.3 Å². The average molecular weight is 520 g/mol. The van der Waals surface area contributed by atoms with E-state index < -0.39 is 17.2 Å². The fraction of sp³-hybridized carbons (Fsp3) is 0.619. The Balaban J connectivity index is 0.00000784. The molecule has 1 rings (SSSR count). The molecule has 0 aliphatic heterocycles. The lowest BCUT2D eigenvalue weighted by molar-refractivity contribution is 0.0474. The molecule has 0 aliphatic carbocycles. The van der Waals surface area contributed by atoms with E-state index in [-0.39, 0.29) is 24.0 Å². The van der Waals surface area contributed by atoms with Crippen LogP contribution in [0.2, 0.25) is 0 Å². The minimum absolute atomic E-state index is 0. The highest BCUT2D eigenvalue weighted by Gasteiger charge is 2.24. The van der Waals surface area contributed by atoms with Crippen molar-refractivity contribution in [1.82, 2.24) is 16.0 Å². The summed E-state index contributed by atoms with van der Waals surface area (Å²) >= 11 is 0. The molecule has 3 N–H and O–H groups in total. The van der Waals surface area contributed by atoms with Crippen LogP contribution in [0.3, 0.4) is 0 Å². The first-order valence-electron chi connectivity index (χ1n) is 9.66. The molecule has 0 heterocycles. The molecular formula is C21H37IN4O3. The highest BCUT2D eigenvalue weighted by atomic mass is 127. The molecule has 8 heteroatoms. The van der Waals surface area contributed by atoms with Crippen molar-refractivity contribution in [2.75, 3.05) is 20.2 Å². The van der Waals surface area contributed by atoms with Crippen LogP contribution in [0.4, 0.5) is 4.79 Å². The Labute approximate surface area is 192 Å². The second kappa shape index (κ2) is 12.9. The maximum absolute atomic E-state index is 12.0. The lowest BCUT2D eigenvalue weighted by atomic mass is 10.1. The third kappa shape index (κ3) is 11.9. The van der Waals surface area contributed by atoms with Crippen molar-refractivity contribution >= 4 is 36.0 Å². The topological polar surface area (TPSA) is 84.0 Å². The molecule has 166 valence electrons. The number of hydrogen-bond donors (Lipinski definition) is 3. The second-order valence-corrected chi connectivity index (χ2v) is 8.20. The van der Waals surface area contributed by atoms with Gasteiger partial charge in [0.15, 0.2) is 5.96 Å². The lowest BCUT2D eigenvalue weighted by Gasteiger charge is -2.29. The summed E-state index contributed by atoms with van der Waals surface area (Å²) in [6.07, 6.45) is -0.438. The SMILES string of the molecule is CCOCc1ccccc1CNC(=NC)NCC(C)(C)NC(=O)OC(C)(C)C.I. The molecule has 1 amide bonds. The van der Waals surface area contributed by atoms with Crippen LogP contribution >= 0.6 is 24.0 Å². The Morgan fingerprint density at radius 3 is 2.24 bits per heavy atom. The zero-order valence-corrected chi connectivity index (χ0v) is 21.0. The van der Waals surface area contributed by atoms with Gasteiger partial charge in [-0.3, -0.25) is 4.99 Å². The number of rotatable bonds is 8. The van der Waals surface area contributed by atoms with Gasteiger partial charge < -0.3 is 25.4 Å². The molecule has 0 atom stereocenters. The van der Waals surface area contributed by atoms with Crippen molar-refractivity contribution in [2.24, 2.45) is 4.99 Å². The number of guanidine groups is 1. The summed E-state index contributed by atoms with van der Waals surface area (Å²) in [7, 11) is 1.72. The average Bonchev–Trinajstić information content (AvgIpc) is 2.58. The van der Waals surface area contributed by atoms with E-state index in [0.29, 0.717) is 32.3 Å². The predicted octanol–water partition coefficient (Wildman–Crippen LogP) is 3.81. The number of aliphatic imine (C=N–C) groups is 1. The highest BCUT2D eigenvalue weighted by Crippen LogP contribution is 2.11. The van der Waals surface area contributed by atoms with E-state index in [4.69, 9.17) is 9.47 Å². The number of carbonyl (C=O) groups excluding carboxylic acids is 1. The van der Waals surface area contributed by atoms with E-state index in [1.165, 1.54) is 0 Å². The zero-order valence-electron chi connectivity index (χ0n) is 18.7. The molecule has 0 saturated heterocycles. The summed E-state index contributed by atoms with van der Waals surface area (Å²) in [5.74, 6) is 0.658. The maximum atomic E-state index is 12.0. The van der Waals surface area contributed by atoms with E-state index in [1.807, 2.05) is 53.7 Å². The number of alkyl carbamates (subject to hydrolysis) is 1. The van der Waals surface area contributed by atoms with Gasteiger partial charge in [0, 0.05) is 26.7 Å². The van der Waals surface area contributed by atoms with Crippen molar-refractivity contribution in [3.05, 3.63) is 35.4 Å². The molecule has 29 heavy (non-hydrogen) atoms. The number of amides is 1. The van der Waals surface area contributed by atoms with Gasteiger partial charge in [0.05, 0.1) is 12.1 Å². The third-order valence-electron chi connectivity index (χ3n) is 3.79. The Morgan fingerprint density at radius 2 is 1.69 bits per heavy atom. The Bertz CT molecular complexity index is 658. The molecule has 0 aromatic heterocycles. The van der Waals surface area contributed by atoms with Gasteiger partial charge in [-0.05, 0) is 52.7 Å². The summed E-state index contributed by atoms with van der Waals surface area (Å²) in [6, 6.07) is 8.16. The van der Waals surface area contributed by atoms with Crippen LogP contribution in [0.25, 0.3) is 0 Å². The predicted molar refractivity (Wildman–Crippen MR) is 129 cm³/mol. The molecule has 0 unspecified atom stereocenters. The summed E-state index contributed by atoms with van der Waals surface area (Å²) in [5, 5.41) is 9.43. The quantitative estimate of drug-likeness (QED) is 0.276. The largest absolute Gasteiger partial charge is 0.444 e. The zero-order chi connectivity index (χ0) is 21.2. The summed E-state index contributed by atoms with van der Waals surface area (Å²) in [5.41, 5.74) is 1.27. The number of benzene rings is 1. The smallest absolute Gasteiger partial charge is 0.408 e. The molecule has 0 radical (unpaired) electrons. The number of ether oxygens (including phenoxy) is 2. The van der Waals surface area contributed by atoms with Crippen molar-refractivity contribution in [2.45, 2.75) is 65.8 Å². The number of halogens is 1. The Morgan fingerprint density at radius 1 is 1.07 bits per heavy atom. The number of carbonyl (C=O) groups is 1. The fourth-order valence-electron chi connectivity index (χ4n) is 2.41. The highest BCUT2D eigenvalue weighted by molar-refractivity contribution is 14.0. The standard InChI is InChI=1S/C21H36N4O3.HI/c1-8-27-14-17-12-10-9-11-16(17)13-23-18(22-7)24-15-21(5,6)25-19(26)28-20(2,3)4;/h9-12H,8,13-15H2,1-7H3,(H,25,26)(H2,22,23,24);1H. The Hall–Kier alpha value is -1.55. The maximum Gasteiger partial charge on any atom is 0.408 e. The summed E-state index contributed by atoms with van der Waals surface area (Å²) in [4.78, 5) is 16.3. The van der Waals surface area contributed by atoms with Crippen molar-refractivity contribution in [3.8, 4) is 0 Å². The van der Waals surface area contributed by atoms with Gasteiger partial charge in [0.25, 0.3) is 0 Å². The molecular weight excluding hydrogens is 483 g/mol. The van der Waals surface area contributed by atoms with Crippen LogP contribution in [-0.2, 0) is 22.6 Å². The van der Waals surface area contributed by atoms with Crippen molar-refractivity contribution in [1.29, 1.82) is 0 Å². The number of nitrogens with one attached hydrogen (secondary N) is 3. The van der Waals surface area contributed by atoms with Crippen molar-refractivity contribution < 1.29 is 14.3 Å². The van der Waals surface area contributed by atoms with E-state index in [2.05, 4.69) is 33.1 Å². The summed E-state index contributed by atoms with van der Waals surface area (Å²) < 4.78 is 10.9. The summed E-state index contributed by atoms with van der Waals surface area (Å²) in [6.45, 7) is 13.8. The van der Waals surface area contributed by atoms with Gasteiger partial charge in [0.2, 0.25) is 0 Å². The Kier molecular flexibility index (Phi) is 12.2. The first-order valence-corrected chi connectivity index (χ1v) is 9.66. The van der Waals surface area contributed by atoms with Crippen LogP contribution in [0.15, 0.2) is 29.3 Å². The molecule has 0 spiro atoms. The van der Waals surface area contributed by atoms with Crippen LogP contribution in [0.1, 0.15) is 52.7 Å². The molecule has 7 nitrogen and oxygen atoms in total. The van der Waals surface area contributed by atoms with Crippen molar-refractivity contribution in [3.63, 3.8) is 0 Å². The molecule has 0 bridgehead atoms. The first-order chi connectivity index (χ1) is 13.1. The monoisotopic (exact) mass is 520 g/mol. The van der Waals surface area contributed by atoms with Gasteiger partial charge in [-0.2, -0.15) is 0 Å². The van der Waals surface area contributed by atoms with Gasteiger partial charge in [-0.15, -0.1) is 24.0 Å². The normalized spacial score (nSPS) is 12.0. The van der Waals surface area contributed by atoms with Crippen LogP contribution < -0.4 is 16.0 Å². The van der Waals surface area contributed by atoms with E-state index in [0.717, 1.165) is 11.1 Å². The number of hydrogen-bond acceptors (Lipinski definition) is 4. The molecule has 0 aliphatic rings. The van der Waals surface area contributed by atoms with E-state index in [1.54, 1.807) is 7.05 Å². The molecule has 0 fully saturated rings. The molecule has 0 saturated carbocycles. The molecule has 1 aromatic carbocycles. The first kappa shape index (κ1) is 27.5. The fourth-order valence-corrected chi connectivity index (χ4v) is 2.41. The van der Waals surface area contributed by atoms with Gasteiger partial charge in [0.1, 0.15) is 5.60 Å². The minimum Gasteiger partial charge on any atom is -0.444 e. The van der Waals surface area contributed by atoms with Crippen LogP contribution in [0, 0.1) is 0 Å². The van der Waals surface area contributed by atoms with Crippen LogP contribution in [-0.4, -0.2) is 43.4 Å². The van der Waals surface area contributed by atoms with E-state index >= 15 is 0 Å².